The predicted molar refractivity (Wildman–Crippen MR) is 118 cm³/mol. The van der Waals surface area contributed by atoms with Crippen molar-refractivity contribution in [2.45, 2.75) is 19.2 Å². The Hall–Kier alpha value is -4.10. The van der Waals surface area contributed by atoms with Crippen molar-refractivity contribution in [3.05, 3.63) is 71.5 Å². The number of imidazole rings is 1. The predicted octanol–water partition coefficient (Wildman–Crippen LogP) is 1.65. The quantitative estimate of drug-likeness (QED) is 0.338. The maximum absolute atomic E-state index is 13.7. The number of aliphatic hydroxyl groups is 2. The lowest BCUT2D eigenvalue weighted by atomic mass is 10.0. The molecule has 0 bridgehead atoms. The maximum atomic E-state index is 13.7. The van der Waals surface area contributed by atoms with E-state index in [1.54, 1.807) is 25.3 Å². The van der Waals surface area contributed by atoms with Crippen LogP contribution in [0.3, 0.4) is 0 Å². The Morgan fingerprint density at radius 3 is 2.77 bits per heavy atom. The standard InChI is InChI=1S/C22H21F3N6O4/c1-12-19(21(34)28-18-7-4-8-26-29-18)31-20(27-12)17(35-11-13(33)10-32)9-16(30-31)14-5-2-3-6-15(14)22(23,24)25/h2-9,13,26,29,32-33H,10-11H2,1H3,(H,28,34)/t13-/m1/s1. The molecule has 0 radical (unpaired) electrons. The largest absolute Gasteiger partial charge is 0.487 e. The third-order valence-corrected chi connectivity index (χ3v) is 4.99. The molecule has 35 heavy (non-hydrogen) atoms. The Balaban J connectivity index is 1.87. The summed E-state index contributed by atoms with van der Waals surface area (Å²) in [6.45, 7) is 0.593. The Morgan fingerprint density at radius 1 is 1.31 bits per heavy atom. The summed E-state index contributed by atoms with van der Waals surface area (Å²) in [6, 6.07) is 6.11. The lowest BCUT2D eigenvalue weighted by Crippen LogP contribution is -2.39. The van der Waals surface area contributed by atoms with Crippen LogP contribution in [0.25, 0.3) is 16.9 Å². The number of aromatic nitrogens is 3. The number of rotatable bonds is 7. The maximum Gasteiger partial charge on any atom is 0.417 e. The van der Waals surface area contributed by atoms with Gasteiger partial charge in [0.05, 0.1) is 23.6 Å². The van der Waals surface area contributed by atoms with Crippen molar-refractivity contribution in [3.63, 3.8) is 0 Å². The lowest BCUT2D eigenvalue weighted by Gasteiger charge is -2.16. The molecule has 184 valence electrons. The summed E-state index contributed by atoms with van der Waals surface area (Å²) in [5.41, 5.74) is 4.40. The molecule has 1 aliphatic rings. The molecular formula is C22H21F3N6O4. The fourth-order valence-electron chi connectivity index (χ4n) is 3.40. The van der Waals surface area contributed by atoms with Gasteiger partial charge in [-0.05, 0) is 25.1 Å². The second kappa shape index (κ2) is 9.64. The smallest absolute Gasteiger partial charge is 0.417 e. The van der Waals surface area contributed by atoms with E-state index in [0.29, 0.717) is 5.82 Å². The van der Waals surface area contributed by atoms with E-state index in [9.17, 15) is 23.1 Å². The third kappa shape index (κ3) is 5.05. The van der Waals surface area contributed by atoms with Gasteiger partial charge < -0.3 is 25.7 Å². The minimum Gasteiger partial charge on any atom is -0.487 e. The second-order valence-corrected chi connectivity index (χ2v) is 7.53. The van der Waals surface area contributed by atoms with Crippen molar-refractivity contribution >= 4 is 11.6 Å². The van der Waals surface area contributed by atoms with E-state index in [-0.39, 0.29) is 40.6 Å². The average Bonchev–Trinajstić information content (AvgIpc) is 3.18. The number of carbonyl (C=O) groups is 1. The van der Waals surface area contributed by atoms with Crippen LogP contribution in [0.5, 0.6) is 5.75 Å². The summed E-state index contributed by atoms with van der Waals surface area (Å²) in [4.78, 5) is 17.4. The molecule has 3 heterocycles. The van der Waals surface area contributed by atoms with Crippen molar-refractivity contribution < 1.29 is 32.9 Å². The third-order valence-electron chi connectivity index (χ3n) is 4.99. The van der Waals surface area contributed by atoms with Crippen molar-refractivity contribution in [2.24, 2.45) is 0 Å². The number of aryl methyl sites for hydroxylation is 1. The zero-order valence-electron chi connectivity index (χ0n) is 18.3. The SMILES string of the molecule is Cc1nc2c(OC[C@H](O)CO)cc(-c3ccccc3C(F)(F)F)nn2c1C(=O)NC1=CC=CNN1. The van der Waals surface area contributed by atoms with Gasteiger partial charge in [-0.2, -0.15) is 18.3 Å². The van der Waals surface area contributed by atoms with Crippen LogP contribution in [0.1, 0.15) is 21.7 Å². The zero-order valence-corrected chi connectivity index (χ0v) is 18.3. The number of aliphatic hydroxyl groups excluding tert-OH is 2. The number of alkyl halides is 3. The number of fused-ring (bicyclic) bond motifs is 1. The number of ether oxygens (including phenoxy) is 1. The van der Waals surface area contributed by atoms with E-state index in [0.717, 1.165) is 10.6 Å². The number of halogens is 3. The number of benzene rings is 1. The van der Waals surface area contributed by atoms with Gasteiger partial charge in [-0.3, -0.25) is 10.2 Å². The van der Waals surface area contributed by atoms with Gasteiger partial charge >= 0.3 is 6.18 Å². The highest BCUT2D eigenvalue weighted by molar-refractivity contribution is 5.96. The van der Waals surface area contributed by atoms with E-state index >= 15 is 0 Å². The Morgan fingerprint density at radius 2 is 2.09 bits per heavy atom. The number of nitrogens with zero attached hydrogens (tertiary/aromatic N) is 3. The van der Waals surface area contributed by atoms with E-state index in [1.165, 1.54) is 24.3 Å². The van der Waals surface area contributed by atoms with Crippen LogP contribution in [-0.2, 0) is 6.18 Å². The fourth-order valence-corrected chi connectivity index (χ4v) is 3.40. The van der Waals surface area contributed by atoms with Crippen molar-refractivity contribution in [2.75, 3.05) is 13.2 Å². The van der Waals surface area contributed by atoms with Gasteiger partial charge in [0.2, 0.25) is 0 Å². The Bertz CT molecular complexity index is 1320. The van der Waals surface area contributed by atoms with E-state index in [2.05, 4.69) is 26.3 Å². The molecule has 5 N–H and O–H groups in total. The van der Waals surface area contributed by atoms with Gasteiger partial charge in [-0.25, -0.2) is 9.50 Å². The van der Waals surface area contributed by atoms with E-state index < -0.39 is 30.4 Å². The molecule has 0 saturated heterocycles. The monoisotopic (exact) mass is 490 g/mol. The van der Waals surface area contributed by atoms with Crippen LogP contribution in [-0.4, -0.2) is 50.0 Å². The molecule has 2 aromatic heterocycles. The summed E-state index contributed by atoms with van der Waals surface area (Å²) >= 11 is 0. The van der Waals surface area contributed by atoms with E-state index in [4.69, 9.17) is 9.84 Å². The first-order valence-electron chi connectivity index (χ1n) is 10.4. The first-order valence-corrected chi connectivity index (χ1v) is 10.4. The van der Waals surface area contributed by atoms with Crippen LogP contribution in [0, 0.1) is 6.92 Å². The zero-order chi connectivity index (χ0) is 25.2. The summed E-state index contributed by atoms with van der Waals surface area (Å²) in [5.74, 6) is -0.324. The molecule has 10 nitrogen and oxygen atoms in total. The molecule has 0 spiro atoms. The Kier molecular flexibility index (Phi) is 6.62. The number of nitrogens with one attached hydrogen (secondary N) is 3. The molecular weight excluding hydrogens is 469 g/mol. The highest BCUT2D eigenvalue weighted by Crippen LogP contribution is 2.37. The number of carbonyl (C=O) groups excluding carboxylic acids is 1. The molecule has 13 heteroatoms. The van der Waals surface area contributed by atoms with Crippen LogP contribution >= 0.6 is 0 Å². The van der Waals surface area contributed by atoms with Crippen molar-refractivity contribution in [1.82, 2.24) is 30.8 Å². The normalized spacial score (nSPS) is 14.2. The topological polar surface area (TPSA) is 133 Å². The summed E-state index contributed by atoms with van der Waals surface area (Å²) < 4.78 is 47.7. The second-order valence-electron chi connectivity index (χ2n) is 7.53. The molecule has 0 saturated carbocycles. The molecule has 4 rings (SSSR count). The Labute approximate surface area is 196 Å². The highest BCUT2D eigenvalue weighted by atomic mass is 19.4. The van der Waals surface area contributed by atoms with Gasteiger partial charge in [-0.1, -0.05) is 18.2 Å². The molecule has 1 aliphatic heterocycles. The minimum atomic E-state index is -4.66. The van der Waals surface area contributed by atoms with Crippen molar-refractivity contribution in [1.29, 1.82) is 0 Å². The summed E-state index contributed by atoms with van der Waals surface area (Å²) in [6.07, 6.45) is -1.05. The van der Waals surface area contributed by atoms with Gasteiger partial charge in [0.25, 0.3) is 5.91 Å². The first-order chi connectivity index (χ1) is 16.7. The number of hydrogen-bond donors (Lipinski definition) is 5. The molecule has 0 aliphatic carbocycles. The van der Waals surface area contributed by atoms with Gasteiger partial charge in [0.15, 0.2) is 17.1 Å². The fraction of sp³-hybridized carbons (Fsp3) is 0.227. The van der Waals surface area contributed by atoms with Gasteiger partial charge in [-0.15, -0.1) is 0 Å². The summed E-state index contributed by atoms with van der Waals surface area (Å²) in [7, 11) is 0. The molecule has 3 aromatic rings. The van der Waals surface area contributed by atoms with E-state index in [1.807, 2.05) is 0 Å². The van der Waals surface area contributed by atoms with Crippen LogP contribution in [0.2, 0.25) is 0 Å². The summed E-state index contributed by atoms with van der Waals surface area (Å²) in [5, 5.41) is 25.7. The molecule has 1 atom stereocenters. The van der Waals surface area contributed by atoms with Crippen molar-refractivity contribution in [3.8, 4) is 17.0 Å². The number of hydrogen-bond acceptors (Lipinski definition) is 8. The number of allylic oxidation sites excluding steroid dienone is 2. The lowest BCUT2D eigenvalue weighted by molar-refractivity contribution is -0.137. The minimum absolute atomic E-state index is 0.0266. The molecule has 0 fully saturated rings. The molecule has 1 amide bonds. The van der Waals surface area contributed by atoms with Gasteiger partial charge in [0, 0.05) is 17.8 Å². The molecule has 0 unspecified atom stereocenters. The highest BCUT2D eigenvalue weighted by Gasteiger charge is 2.34. The van der Waals surface area contributed by atoms with Crippen LogP contribution < -0.4 is 20.9 Å². The number of hydrazine groups is 1. The van der Waals surface area contributed by atoms with Crippen LogP contribution in [0.15, 0.2) is 54.5 Å². The number of amides is 1. The molecule has 1 aromatic carbocycles. The van der Waals surface area contributed by atoms with Gasteiger partial charge in [0.1, 0.15) is 18.5 Å². The average molecular weight is 490 g/mol. The van der Waals surface area contributed by atoms with Crippen LogP contribution in [0.4, 0.5) is 13.2 Å². The first kappa shape index (κ1) is 24.0.